The summed E-state index contributed by atoms with van der Waals surface area (Å²) in [6.07, 6.45) is 3.41. The van der Waals surface area contributed by atoms with Crippen LogP contribution in [-0.2, 0) is 29.2 Å². The summed E-state index contributed by atoms with van der Waals surface area (Å²) in [5.74, 6) is -0.864. The van der Waals surface area contributed by atoms with E-state index in [2.05, 4.69) is 16.3 Å². The Hall–Kier alpha value is -2.74. The van der Waals surface area contributed by atoms with Crippen molar-refractivity contribution in [3.8, 4) is 0 Å². The minimum absolute atomic E-state index is 0.258. The molecule has 2 aromatic carbocycles. The van der Waals surface area contributed by atoms with E-state index in [1.165, 1.54) is 5.01 Å². The highest BCUT2D eigenvalue weighted by atomic mass is 35.5. The predicted molar refractivity (Wildman–Crippen MR) is 129 cm³/mol. The Bertz CT molecular complexity index is 1100. The average Bonchev–Trinajstić information content (AvgIpc) is 3.15. The van der Waals surface area contributed by atoms with Crippen LogP contribution in [0.15, 0.2) is 42.5 Å². The number of amides is 3. The molecule has 3 heterocycles. The molecule has 0 saturated carbocycles. The second-order valence-corrected chi connectivity index (χ2v) is 9.76. The first kappa shape index (κ1) is 23.0. The number of nitrogens with zero attached hydrogens (tertiary/aromatic N) is 3. The van der Waals surface area contributed by atoms with Crippen LogP contribution in [-0.4, -0.2) is 51.8 Å². The fraction of sp³-hybridized carbons (Fsp3) is 0.423. The van der Waals surface area contributed by atoms with Gasteiger partial charge < -0.3 is 5.32 Å². The highest BCUT2D eigenvalue weighted by Crippen LogP contribution is 2.28. The van der Waals surface area contributed by atoms with Gasteiger partial charge in [-0.2, -0.15) is 5.01 Å². The van der Waals surface area contributed by atoms with Crippen LogP contribution in [0.2, 0.25) is 5.02 Å². The highest BCUT2D eigenvalue weighted by molar-refractivity contribution is 6.31. The quantitative estimate of drug-likeness (QED) is 0.640. The highest BCUT2D eigenvalue weighted by Gasteiger charge is 2.39. The maximum Gasteiger partial charge on any atom is 0.273 e. The largest absolute Gasteiger partial charge is 0.309 e. The first-order valence-electron chi connectivity index (χ1n) is 12.0. The molecule has 1 N–H and O–H groups in total. The van der Waals surface area contributed by atoms with Crippen LogP contribution in [0.25, 0.3) is 0 Å². The van der Waals surface area contributed by atoms with Crippen molar-refractivity contribution >= 4 is 29.3 Å². The summed E-state index contributed by atoms with van der Waals surface area (Å²) in [5, 5.41) is 6.84. The normalized spacial score (nSPS) is 21.3. The second kappa shape index (κ2) is 9.86. The third kappa shape index (κ3) is 4.73. The van der Waals surface area contributed by atoms with Crippen LogP contribution in [0, 0.1) is 0 Å². The van der Waals surface area contributed by atoms with Crippen molar-refractivity contribution in [1.82, 2.24) is 20.2 Å². The molecule has 3 aliphatic heterocycles. The fourth-order valence-corrected chi connectivity index (χ4v) is 5.33. The predicted octanol–water partition coefficient (Wildman–Crippen LogP) is 3.50. The number of likely N-dealkylation sites (tertiary alicyclic amines) is 1. The lowest BCUT2D eigenvalue weighted by atomic mass is 10.0. The maximum absolute atomic E-state index is 12.9. The molecule has 2 aromatic rings. The van der Waals surface area contributed by atoms with Gasteiger partial charge in [0, 0.05) is 49.1 Å². The third-order valence-corrected chi connectivity index (χ3v) is 7.27. The van der Waals surface area contributed by atoms with Gasteiger partial charge in [-0.1, -0.05) is 41.9 Å². The van der Waals surface area contributed by atoms with Crippen LogP contribution < -0.4 is 5.32 Å². The van der Waals surface area contributed by atoms with Crippen LogP contribution >= 0.6 is 11.6 Å². The summed E-state index contributed by atoms with van der Waals surface area (Å²) in [6, 6.07) is 14.2. The summed E-state index contributed by atoms with van der Waals surface area (Å²) < 4.78 is 0. The lowest BCUT2D eigenvalue weighted by Gasteiger charge is -2.33. The van der Waals surface area contributed by atoms with Gasteiger partial charge in [0.15, 0.2) is 0 Å². The van der Waals surface area contributed by atoms with Gasteiger partial charge in [0.25, 0.3) is 5.91 Å². The Kier molecular flexibility index (Phi) is 6.68. The van der Waals surface area contributed by atoms with Crippen molar-refractivity contribution in [3.63, 3.8) is 0 Å². The minimum Gasteiger partial charge on any atom is -0.309 e. The second-order valence-electron chi connectivity index (χ2n) is 9.35. The maximum atomic E-state index is 12.9. The molecule has 178 valence electrons. The number of piperidine rings is 2. The summed E-state index contributed by atoms with van der Waals surface area (Å²) in [5.41, 5.74) is 3.68. The molecule has 3 amide bonds. The van der Waals surface area contributed by atoms with Crippen molar-refractivity contribution in [2.45, 2.75) is 57.8 Å². The smallest absolute Gasteiger partial charge is 0.273 e. The van der Waals surface area contributed by atoms with E-state index in [-0.39, 0.29) is 24.3 Å². The Balaban J connectivity index is 1.19. The lowest BCUT2D eigenvalue weighted by molar-refractivity contribution is -0.163. The molecule has 0 radical (unpaired) electrons. The standard InChI is InChI=1S/C26H29ClN4O3/c27-23-7-2-1-5-19(23)15-29-12-4-6-21(17-29)28-14-18-10-11-22-20(13-18)16-30(26(22)34)31-24(32)8-3-9-25(31)33/h1-2,5,7,10-11,13,21,28H,3-4,6,8-9,12,14-17H2/t21-/m1/s1. The molecule has 0 bridgehead atoms. The number of benzene rings is 2. The average molecular weight is 481 g/mol. The van der Waals surface area contributed by atoms with Crippen LogP contribution in [0.5, 0.6) is 0 Å². The number of rotatable bonds is 6. The molecule has 5 rings (SSSR count). The number of nitrogens with one attached hydrogen (secondary N) is 1. The number of halogens is 1. The van der Waals surface area contributed by atoms with Crippen molar-refractivity contribution < 1.29 is 14.4 Å². The van der Waals surface area contributed by atoms with E-state index in [0.717, 1.165) is 59.2 Å². The van der Waals surface area contributed by atoms with Gasteiger partial charge in [-0.15, -0.1) is 0 Å². The number of imide groups is 1. The van der Waals surface area contributed by atoms with Gasteiger partial charge in [0.2, 0.25) is 11.8 Å². The van der Waals surface area contributed by atoms with E-state index in [0.29, 0.717) is 37.4 Å². The minimum atomic E-state index is -0.294. The van der Waals surface area contributed by atoms with Crippen molar-refractivity contribution in [2.75, 3.05) is 13.1 Å². The van der Waals surface area contributed by atoms with Gasteiger partial charge in [-0.05, 0) is 54.6 Å². The number of hydrazine groups is 1. The molecule has 0 aromatic heterocycles. The molecular formula is C26H29ClN4O3. The number of carbonyl (C=O) groups excluding carboxylic acids is 3. The summed E-state index contributed by atoms with van der Waals surface area (Å²) in [7, 11) is 0. The molecule has 0 aliphatic carbocycles. The number of hydrogen-bond acceptors (Lipinski definition) is 5. The number of hydrogen-bond donors (Lipinski definition) is 1. The van der Waals surface area contributed by atoms with Gasteiger partial charge in [0.1, 0.15) is 0 Å². The Morgan fingerprint density at radius 1 is 1.00 bits per heavy atom. The van der Waals surface area contributed by atoms with E-state index in [1.807, 2.05) is 36.4 Å². The summed E-state index contributed by atoms with van der Waals surface area (Å²) in [4.78, 5) is 39.9. The lowest BCUT2D eigenvalue weighted by Crippen LogP contribution is -2.51. The van der Waals surface area contributed by atoms with Crippen molar-refractivity contribution in [3.05, 3.63) is 69.7 Å². The summed E-state index contributed by atoms with van der Waals surface area (Å²) in [6.45, 7) is 3.83. The van der Waals surface area contributed by atoms with E-state index in [9.17, 15) is 14.4 Å². The first-order chi connectivity index (χ1) is 16.5. The molecule has 0 spiro atoms. The molecule has 7 nitrogen and oxygen atoms in total. The van der Waals surface area contributed by atoms with Crippen molar-refractivity contribution in [2.24, 2.45) is 0 Å². The molecule has 0 unspecified atom stereocenters. The zero-order valence-corrected chi connectivity index (χ0v) is 19.9. The molecule has 2 fully saturated rings. The van der Waals surface area contributed by atoms with Gasteiger partial charge in [-0.25, -0.2) is 5.01 Å². The monoisotopic (exact) mass is 480 g/mol. The molecule has 8 heteroatoms. The summed E-state index contributed by atoms with van der Waals surface area (Å²) >= 11 is 6.34. The Morgan fingerprint density at radius 2 is 1.79 bits per heavy atom. The number of fused-ring (bicyclic) bond motifs is 1. The fourth-order valence-electron chi connectivity index (χ4n) is 5.14. The Morgan fingerprint density at radius 3 is 2.59 bits per heavy atom. The number of carbonyl (C=O) groups is 3. The molecule has 1 atom stereocenters. The zero-order valence-electron chi connectivity index (χ0n) is 19.1. The molecule has 3 aliphatic rings. The van der Waals surface area contributed by atoms with E-state index >= 15 is 0 Å². The molecule has 34 heavy (non-hydrogen) atoms. The van der Waals surface area contributed by atoms with Gasteiger partial charge >= 0.3 is 0 Å². The van der Waals surface area contributed by atoms with Crippen LogP contribution in [0.3, 0.4) is 0 Å². The van der Waals surface area contributed by atoms with Crippen molar-refractivity contribution in [1.29, 1.82) is 0 Å². The van der Waals surface area contributed by atoms with Crippen LogP contribution in [0.4, 0.5) is 0 Å². The first-order valence-corrected chi connectivity index (χ1v) is 12.4. The Labute approximate surface area is 204 Å². The van der Waals surface area contributed by atoms with Gasteiger partial charge in [-0.3, -0.25) is 19.3 Å². The van der Waals surface area contributed by atoms with E-state index in [4.69, 9.17) is 11.6 Å². The topological polar surface area (TPSA) is 73.0 Å². The van der Waals surface area contributed by atoms with E-state index < -0.39 is 0 Å². The zero-order chi connectivity index (χ0) is 23.7. The third-order valence-electron chi connectivity index (χ3n) is 6.90. The van der Waals surface area contributed by atoms with E-state index in [1.54, 1.807) is 0 Å². The molecule has 2 saturated heterocycles. The molecular weight excluding hydrogens is 452 g/mol. The SMILES string of the molecule is O=C1c2ccc(CN[C@@H]3CCCN(Cc4ccccc4Cl)C3)cc2CN1N1C(=O)CCCC1=O. The van der Waals surface area contributed by atoms with Crippen LogP contribution in [0.1, 0.15) is 59.2 Å². The van der Waals surface area contributed by atoms with Gasteiger partial charge in [0.05, 0.1) is 6.54 Å².